The van der Waals surface area contributed by atoms with E-state index in [1.54, 1.807) is 0 Å². The van der Waals surface area contributed by atoms with Crippen molar-refractivity contribution in [1.82, 2.24) is 0 Å². The van der Waals surface area contributed by atoms with E-state index in [9.17, 15) is 0 Å². The highest BCUT2D eigenvalue weighted by Gasteiger charge is 2.23. The fourth-order valence-corrected chi connectivity index (χ4v) is 5.55. The zero-order chi connectivity index (χ0) is 23.6. The summed E-state index contributed by atoms with van der Waals surface area (Å²) in [6, 6.07) is 50.2. The van der Waals surface area contributed by atoms with E-state index in [1.807, 2.05) is 0 Å². The largest absolute Gasteiger partial charge is 0.0622 e. The van der Waals surface area contributed by atoms with E-state index in [-0.39, 0.29) is 0 Å². The molecule has 0 bridgehead atoms. The monoisotopic (exact) mass is 558 g/mol. The molecule has 0 aliphatic heterocycles. The Morgan fingerprint density at radius 3 is 1.06 bits per heavy atom. The van der Waals surface area contributed by atoms with Gasteiger partial charge in [0, 0.05) is 3.57 Å². The third-order valence-corrected chi connectivity index (χ3v) is 7.19. The molecule has 35 heavy (non-hydrogen) atoms. The highest BCUT2D eigenvalue weighted by atomic mass is 127. The molecule has 1 heteroatoms. The molecule has 166 valence electrons. The van der Waals surface area contributed by atoms with Crippen LogP contribution in [0.2, 0.25) is 0 Å². The van der Waals surface area contributed by atoms with Crippen LogP contribution in [0.4, 0.5) is 0 Å². The van der Waals surface area contributed by atoms with Crippen molar-refractivity contribution in [1.29, 1.82) is 0 Å². The Hall–Kier alpha value is -3.69. The number of hydrogen-bond donors (Lipinski definition) is 0. The van der Waals surface area contributed by atoms with E-state index in [2.05, 4.69) is 162 Å². The van der Waals surface area contributed by atoms with Gasteiger partial charge in [0.1, 0.15) is 0 Å². The second-order valence-electron chi connectivity index (χ2n) is 8.65. The summed E-state index contributed by atoms with van der Waals surface area (Å²) < 4.78 is 1.23. The number of benzene rings is 6. The number of rotatable bonds is 4. The second kappa shape index (κ2) is 9.52. The quantitative estimate of drug-likeness (QED) is 0.189. The summed E-state index contributed by atoms with van der Waals surface area (Å²) in [7, 11) is 0. The van der Waals surface area contributed by atoms with E-state index in [4.69, 9.17) is 0 Å². The summed E-state index contributed by atoms with van der Waals surface area (Å²) in [4.78, 5) is 0. The first-order chi connectivity index (χ1) is 17.3. The van der Waals surface area contributed by atoms with Crippen molar-refractivity contribution in [3.8, 4) is 44.5 Å². The summed E-state index contributed by atoms with van der Waals surface area (Å²) in [5.74, 6) is 0. The Kier molecular flexibility index (Phi) is 5.93. The molecule has 0 spiro atoms. The molecule has 0 fully saturated rings. The zero-order valence-electron chi connectivity index (χ0n) is 19.2. The third kappa shape index (κ3) is 4.06. The highest BCUT2D eigenvalue weighted by Crippen LogP contribution is 2.50. The molecule has 0 aromatic heterocycles. The van der Waals surface area contributed by atoms with Crippen LogP contribution < -0.4 is 0 Å². The van der Waals surface area contributed by atoms with Gasteiger partial charge in [0.2, 0.25) is 0 Å². The maximum atomic E-state index is 2.44. The summed E-state index contributed by atoms with van der Waals surface area (Å²) in [6.45, 7) is 0. The Bertz CT molecular complexity index is 1600. The standard InChI is InChI=1S/C34H23I/c35-28-21-22-29-30(23-28)32(25-15-7-2-8-16-25)34(27-19-11-4-12-20-27)33(26-17-9-3-10-18-26)31(29)24-13-5-1-6-14-24/h1-23H. The van der Waals surface area contributed by atoms with Gasteiger partial charge in [-0.2, -0.15) is 0 Å². The van der Waals surface area contributed by atoms with Crippen molar-refractivity contribution in [3.05, 3.63) is 143 Å². The Labute approximate surface area is 220 Å². The van der Waals surface area contributed by atoms with Gasteiger partial charge in [-0.1, -0.05) is 127 Å². The van der Waals surface area contributed by atoms with Crippen LogP contribution in [0.5, 0.6) is 0 Å². The summed E-state index contributed by atoms with van der Waals surface area (Å²) in [5.41, 5.74) is 10.0. The van der Waals surface area contributed by atoms with Crippen molar-refractivity contribution in [3.63, 3.8) is 0 Å². The molecular weight excluding hydrogens is 535 g/mol. The lowest BCUT2D eigenvalue weighted by Gasteiger charge is -2.24. The van der Waals surface area contributed by atoms with Gasteiger partial charge in [0.15, 0.2) is 0 Å². The normalized spacial score (nSPS) is 11.0. The zero-order valence-corrected chi connectivity index (χ0v) is 21.3. The van der Waals surface area contributed by atoms with Gasteiger partial charge in [0.25, 0.3) is 0 Å². The lowest BCUT2D eigenvalue weighted by molar-refractivity contribution is 1.56. The van der Waals surface area contributed by atoms with Crippen LogP contribution in [0.1, 0.15) is 0 Å². The molecule has 0 aliphatic rings. The van der Waals surface area contributed by atoms with Crippen LogP contribution >= 0.6 is 22.6 Å². The van der Waals surface area contributed by atoms with Gasteiger partial charge in [-0.25, -0.2) is 0 Å². The van der Waals surface area contributed by atoms with E-state index in [0.717, 1.165) is 0 Å². The SMILES string of the molecule is Ic1ccc2c(-c3ccccc3)c(-c3ccccc3)c(-c3ccccc3)c(-c3ccccc3)c2c1. The Morgan fingerprint density at radius 1 is 0.314 bits per heavy atom. The van der Waals surface area contributed by atoms with Crippen molar-refractivity contribution >= 4 is 33.4 Å². The first-order valence-corrected chi connectivity index (χ1v) is 12.9. The van der Waals surface area contributed by atoms with Crippen molar-refractivity contribution in [2.45, 2.75) is 0 Å². The lowest BCUT2D eigenvalue weighted by Crippen LogP contribution is -1.97. The van der Waals surface area contributed by atoms with Crippen molar-refractivity contribution in [2.75, 3.05) is 0 Å². The van der Waals surface area contributed by atoms with Crippen LogP contribution in [-0.4, -0.2) is 0 Å². The number of fused-ring (bicyclic) bond motifs is 1. The molecule has 0 amide bonds. The molecule has 0 heterocycles. The maximum Gasteiger partial charge on any atom is 0.0136 e. The first-order valence-electron chi connectivity index (χ1n) is 11.8. The van der Waals surface area contributed by atoms with Gasteiger partial charge < -0.3 is 0 Å². The average molecular weight is 558 g/mol. The van der Waals surface area contributed by atoms with Gasteiger partial charge in [0.05, 0.1) is 0 Å². The molecule has 6 aromatic carbocycles. The highest BCUT2D eigenvalue weighted by molar-refractivity contribution is 14.1. The van der Waals surface area contributed by atoms with Crippen LogP contribution in [-0.2, 0) is 0 Å². The fraction of sp³-hybridized carbons (Fsp3) is 0. The second-order valence-corrected chi connectivity index (χ2v) is 9.90. The smallest absolute Gasteiger partial charge is 0.0136 e. The van der Waals surface area contributed by atoms with Crippen LogP contribution in [0.3, 0.4) is 0 Å². The summed E-state index contributed by atoms with van der Waals surface area (Å²) >= 11 is 2.44. The van der Waals surface area contributed by atoms with Crippen LogP contribution in [0.15, 0.2) is 140 Å². The minimum absolute atomic E-state index is 1.22. The van der Waals surface area contributed by atoms with Crippen molar-refractivity contribution < 1.29 is 0 Å². The summed E-state index contributed by atoms with van der Waals surface area (Å²) in [5, 5.41) is 2.55. The lowest BCUT2D eigenvalue weighted by atomic mass is 9.79. The molecule has 0 radical (unpaired) electrons. The molecule has 0 aliphatic carbocycles. The molecule has 0 N–H and O–H groups in total. The molecule has 6 rings (SSSR count). The molecule has 6 aromatic rings. The van der Waals surface area contributed by atoms with E-state index >= 15 is 0 Å². The average Bonchev–Trinajstić information content (AvgIpc) is 2.93. The first kappa shape index (κ1) is 21.8. The van der Waals surface area contributed by atoms with Gasteiger partial charge in [-0.05, 0) is 90.0 Å². The molecular formula is C34H23I. The maximum absolute atomic E-state index is 2.44. The Balaban J connectivity index is 1.91. The Morgan fingerprint density at radius 2 is 0.657 bits per heavy atom. The van der Waals surface area contributed by atoms with Gasteiger partial charge in [-0.15, -0.1) is 0 Å². The number of halogens is 1. The predicted molar refractivity (Wildman–Crippen MR) is 158 cm³/mol. The number of hydrogen-bond acceptors (Lipinski definition) is 0. The third-order valence-electron chi connectivity index (χ3n) is 6.52. The van der Waals surface area contributed by atoms with E-state index < -0.39 is 0 Å². The molecule has 0 saturated carbocycles. The minimum atomic E-state index is 1.22. The fourth-order valence-electron chi connectivity index (χ4n) is 5.06. The predicted octanol–water partition coefficient (Wildman–Crippen LogP) is 10.1. The van der Waals surface area contributed by atoms with Crippen molar-refractivity contribution in [2.24, 2.45) is 0 Å². The molecule has 0 saturated heterocycles. The minimum Gasteiger partial charge on any atom is -0.0622 e. The topological polar surface area (TPSA) is 0 Å². The van der Waals surface area contributed by atoms with E-state index in [1.165, 1.54) is 58.9 Å². The van der Waals surface area contributed by atoms with Crippen LogP contribution in [0, 0.1) is 3.57 Å². The summed E-state index contributed by atoms with van der Waals surface area (Å²) in [6.07, 6.45) is 0. The van der Waals surface area contributed by atoms with Gasteiger partial charge in [-0.3, -0.25) is 0 Å². The molecule has 0 nitrogen and oxygen atoms in total. The van der Waals surface area contributed by atoms with Gasteiger partial charge >= 0.3 is 0 Å². The molecule has 0 atom stereocenters. The van der Waals surface area contributed by atoms with Crippen LogP contribution in [0.25, 0.3) is 55.3 Å². The molecule has 0 unspecified atom stereocenters. The van der Waals surface area contributed by atoms with E-state index in [0.29, 0.717) is 0 Å².